The molecule has 0 bridgehead atoms. The van der Waals surface area contributed by atoms with Crippen LogP contribution >= 0.6 is 0 Å². The molecule has 3 amide bonds. The molecule has 0 aliphatic rings. The van der Waals surface area contributed by atoms with Crippen LogP contribution in [-0.2, 0) is 32.0 Å². The molecular weight excluding hydrogens is 484 g/mol. The van der Waals surface area contributed by atoms with Gasteiger partial charge in [0.1, 0.15) is 18.1 Å². The van der Waals surface area contributed by atoms with Crippen LogP contribution in [0, 0.1) is 11.8 Å². The fourth-order valence-electron chi connectivity index (χ4n) is 3.94. The second-order valence-corrected chi connectivity index (χ2v) is 9.98. The van der Waals surface area contributed by atoms with E-state index in [1.54, 1.807) is 38.1 Å². The van der Waals surface area contributed by atoms with E-state index in [0.29, 0.717) is 6.42 Å². The van der Waals surface area contributed by atoms with E-state index in [4.69, 9.17) is 5.73 Å². The van der Waals surface area contributed by atoms with Gasteiger partial charge in [-0.3, -0.25) is 14.4 Å². The molecule has 206 valence electrons. The number of carboxylic acids is 1. The van der Waals surface area contributed by atoms with Crippen molar-refractivity contribution in [2.45, 2.75) is 71.1 Å². The molecule has 6 N–H and O–H groups in total. The zero-order chi connectivity index (χ0) is 28.2. The van der Waals surface area contributed by atoms with Crippen LogP contribution in [0.1, 0.15) is 45.2 Å². The molecule has 0 heterocycles. The minimum absolute atomic E-state index is 0.0694. The molecule has 0 spiro atoms. The van der Waals surface area contributed by atoms with Gasteiger partial charge >= 0.3 is 5.97 Å². The standard InChI is InChI=1S/C29H40N4O5/c1-5-19(4)24(30)27(35)33-25(18(2)3)28(36)31-22(16-20-12-8-6-9-13-20)26(34)32-23(29(37)38)17-21-14-10-7-11-15-21/h6-15,18-19,22-25H,5,16-17,30H2,1-4H3,(H,31,36)(H,32,34)(H,33,35)(H,37,38). The van der Waals surface area contributed by atoms with E-state index in [1.165, 1.54) is 0 Å². The quantitative estimate of drug-likeness (QED) is 0.255. The molecular formula is C29H40N4O5. The number of hydrogen-bond donors (Lipinski definition) is 5. The third-order valence-electron chi connectivity index (χ3n) is 6.62. The fourth-order valence-corrected chi connectivity index (χ4v) is 3.94. The summed E-state index contributed by atoms with van der Waals surface area (Å²) in [6.07, 6.45) is 0.938. The Kier molecular flexibility index (Phi) is 11.9. The Labute approximate surface area is 224 Å². The number of benzene rings is 2. The minimum atomic E-state index is -1.19. The number of carboxylic acid groups (broad SMARTS) is 1. The van der Waals surface area contributed by atoms with Gasteiger partial charge in [0.05, 0.1) is 6.04 Å². The average Bonchev–Trinajstić information content (AvgIpc) is 2.90. The van der Waals surface area contributed by atoms with Crippen molar-refractivity contribution >= 4 is 23.7 Å². The molecule has 9 nitrogen and oxygen atoms in total. The molecule has 38 heavy (non-hydrogen) atoms. The van der Waals surface area contributed by atoms with Gasteiger partial charge < -0.3 is 26.8 Å². The molecule has 5 atom stereocenters. The van der Waals surface area contributed by atoms with Gasteiger partial charge in [-0.15, -0.1) is 0 Å². The summed E-state index contributed by atoms with van der Waals surface area (Å²) in [5.41, 5.74) is 7.59. The summed E-state index contributed by atoms with van der Waals surface area (Å²) in [6.45, 7) is 7.36. The molecule has 9 heteroatoms. The van der Waals surface area contributed by atoms with Crippen molar-refractivity contribution in [3.05, 3.63) is 71.8 Å². The zero-order valence-corrected chi connectivity index (χ0v) is 22.5. The van der Waals surface area contributed by atoms with Gasteiger partial charge in [0, 0.05) is 12.8 Å². The lowest BCUT2D eigenvalue weighted by atomic mass is 9.97. The zero-order valence-electron chi connectivity index (χ0n) is 22.5. The molecule has 0 fully saturated rings. The highest BCUT2D eigenvalue weighted by atomic mass is 16.4. The molecule has 2 rings (SSSR count). The second-order valence-electron chi connectivity index (χ2n) is 9.98. The van der Waals surface area contributed by atoms with Gasteiger partial charge in [-0.25, -0.2) is 4.79 Å². The van der Waals surface area contributed by atoms with Crippen LogP contribution in [0.3, 0.4) is 0 Å². The van der Waals surface area contributed by atoms with Gasteiger partial charge in [0.15, 0.2) is 0 Å². The van der Waals surface area contributed by atoms with Crippen molar-refractivity contribution in [1.29, 1.82) is 0 Å². The van der Waals surface area contributed by atoms with Crippen molar-refractivity contribution in [2.24, 2.45) is 17.6 Å². The predicted molar refractivity (Wildman–Crippen MR) is 146 cm³/mol. The van der Waals surface area contributed by atoms with Gasteiger partial charge in [0.2, 0.25) is 17.7 Å². The molecule has 0 radical (unpaired) electrons. The molecule has 2 aromatic rings. The van der Waals surface area contributed by atoms with Gasteiger partial charge in [-0.2, -0.15) is 0 Å². The van der Waals surface area contributed by atoms with E-state index < -0.39 is 47.9 Å². The van der Waals surface area contributed by atoms with Crippen molar-refractivity contribution < 1.29 is 24.3 Å². The lowest BCUT2D eigenvalue weighted by Crippen LogP contribution is -2.59. The smallest absolute Gasteiger partial charge is 0.326 e. The maximum absolute atomic E-state index is 13.3. The SMILES string of the molecule is CCC(C)C(N)C(=O)NC(C(=O)NC(Cc1ccccc1)C(=O)NC(Cc1ccccc1)C(=O)O)C(C)C. The first kappa shape index (κ1) is 30.5. The average molecular weight is 525 g/mol. The van der Waals surface area contributed by atoms with Crippen molar-refractivity contribution in [1.82, 2.24) is 16.0 Å². The summed E-state index contributed by atoms with van der Waals surface area (Å²) in [7, 11) is 0. The maximum atomic E-state index is 13.3. The molecule has 5 unspecified atom stereocenters. The summed E-state index contributed by atoms with van der Waals surface area (Å²) < 4.78 is 0. The topological polar surface area (TPSA) is 151 Å². The number of amides is 3. The van der Waals surface area contributed by atoms with E-state index in [0.717, 1.165) is 11.1 Å². The summed E-state index contributed by atoms with van der Waals surface area (Å²) >= 11 is 0. The number of rotatable bonds is 14. The van der Waals surface area contributed by atoms with E-state index >= 15 is 0 Å². The Bertz CT molecular complexity index is 1060. The summed E-state index contributed by atoms with van der Waals surface area (Å²) in [5.74, 6) is -3.15. The largest absolute Gasteiger partial charge is 0.480 e. The highest BCUT2D eigenvalue weighted by Gasteiger charge is 2.32. The number of carbonyl (C=O) groups is 4. The van der Waals surface area contributed by atoms with Crippen molar-refractivity contribution in [3.63, 3.8) is 0 Å². The monoisotopic (exact) mass is 524 g/mol. The van der Waals surface area contributed by atoms with Crippen LogP contribution in [0.2, 0.25) is 0 Å². The molecule has 0 saturated heterocycles. The third kappa shape index (κ3) is 9.30. The second kappa shape index (κ2) is 14.9. The minimum Gasteiger partial charge on any atom is -0.480 e. The number of carbonyl (C=O) groups excluding carboxylic acids is 3. The van der Waals surface area contributed by atoms with E-state index in [-0.39, 0.29) is 24.7 Å². The van der Waals surface area contributed by atoms with Crippen LogP contribution in [0.5, 0.6) is 0 Å². The molecule has 0 aromatic heterocycles. The summed E-state index contributed by atoms with van der Waals surface area (Å²) in [4.78, 5) is 51.3. The highest BCUT2D eigenvalue weighted by Crippen LogP contribution is 2.11. The van der Waals surface area contributed by atoms with Gasteiger partial charge in [-0.1, -0.05) is 94.8 Å². The first-order valence-corrected chi connectivity index (χ1v) is 13.0. The van der Waals surface area contributed by atoms with Crippen LogP contribution in [0.4, 0.5) is 0 Å². The predicted octanol–water partition coefficient (Wildman–Crippen LogP) is 2.04. The summed E-state index contributed by atoms with van der Waals surface area (Å²) in [6, 6.07) is 14.1. The number of hydrogen-bond acceptors (Lipinski definition) is 5. The molecule has 2 aromatic carbocycles. The maximum Gasteiger partial charge on any atom is 0.326 e. The Morgan fingerprint density at radius 3 is 1.66 bits per heavy atom. The normalized spacial score (nSPS) is 15.0. The number of aliphatic carboxylic acids is 1. The lowest BCUT2D eigenvalue weighted by molar-refractivity contribution is -0.142. The van der Waals surface area contributed by atoms with E-state index in [1.807, 2.05) is 50.2 Å². The Morgan fingerprint density at radius 2 is 1.21 bits per heavy atom. The fraction of sp³-hybridized carbons (Fsp3) is 0.448. The van der Waals surface area contributed by atoms with Crippen molar-refractivity contribution in [2.75, 3.05) is 0 Å². The third-order valence-corrected chi connectivity index (χ3v) is 6.62. The molecule has 0 aliphatic heterocycles. The van der Waals surface area contributed by atoms with Crippen LogP contribution in [-0.4, -0.2) is 53.0 Å². The Hall–Kier alpha value is -3.72. The van der Waals surface area contributed by atoms with Crippen molar-refractivity contribution in [3.8, 4) is 0 Å². The lowest BCUT2D eigenvalue weighted by Gasteiger charge is -2.28. The number of nitrogens with two attached hydrogens (primary N) is 1. The molecule has 0 saturated carbocycles. The van der Waals surface area contributed by atoms with Gasteiger partial charge in [-0.05, 0) is 23.0 Å². The van der Waals surface area contributed by atoms with E-state index in [2.05, 4.69) is 16.0 Å². The Morgan fingerprint density at radius 1 is 0.737 bits per heavy atom. The van der Waals surface area contributed by atoms with E-state index in [9.17, 15) is 24.3 Å². The van der Waals surface area contributed by atoms with Crippen LogP contribution in [0.25, 0.3) is 0 Å². The first-order chi connectivity index (χ1) is 18.0. The number of nitrogens with one attached hydrogen (secondary N) is 3. The highest BCUT2D eigenvalue weighted by molar-refractivity contribution is 5.94. The first-order valence-electron chi connectivity index (χ1n) is 13.0. The summed E-state index contributed by atoms with van der Waals surface area (Å²) in [5, 5.41) is 17.8. The van der Waals surface area contributed by atoms with Crippen LogP contribution < -0.4 is 21.7 Å². The van der Waals surface area contributed by atoms with Gasteiger partial charge in [0.25, 0.3) is 0 Å². The Balaban J connectivity index is 2.23. The van der Waals surface area contributed by atoms with Crippen LogP contribution in [0.15, 0.2) is 60.7 Å². The molecule has 0 aliphatic carbocycles.